The van der Waals surface area contributed by atoms with Gasteiger partial charge in [0.1, 0.15) is 11.9 Å². The second-order valence-corrected chi connectivity index (χ2v) is 5.41. The molecule has 2 aromatic rings. The van der Waals surface area contributed by atoms with Gasteiger partial charge in [0.15, 0.2) is 0 Å². The van der Waals surface area contributed by atoms with Gasteiger partial charge in [-0.05, 0) is 36.5 Å². The summed E-state index contributed by atoms with van der Waals surface area (Å²) in [4.78, 5) is 0. The Morgan fingerprint density at radius 2 is 1.80 bits per heavy atom. The van der Waals surface area contributed by atoms with Crippen molar-refractivity contribution >= 4 is 0 Å². The molecule has 104 valence electrons. The van der Waals surface area contributed by atoms with Crippen LogP contribution in [0.15, 0.2) is 54.6 Å². The molecule has 0 radical (unpaired) electrons. The van der Waals surface area contributed by atoms with Gasteiger partial charge in [-0.15, -0.1) is 0 Å². The molecule has 2 heteroatoms. The van der Waals surface area contributed by atoms with Crippen LogP contribution in [0.3, 0.4) is 0 Å². The lowest BCUT2D eigenvalue weighted by atomic mass is 10.0. The van der Waals surface area contributed by atoms with Gasteiger partial charge in [-0.25, -0.2) is 0 Å². The van der Waals surface area contributed by atoms with Gasteiger partial charge in [0.2, 0.25) is 0 Å². The first-order valence-corrected chi connectivity index (χ1v) is 7.30. The Balaban J connectivity index is 1.46. The van der Waals surface area contributed by atoms with E-state index in [0.717, 1.165) is 37.0 Å². The molecule has 2 nitrogen and oxygen atoms in total. The fraction of sp³-hybridized carbons (Fsp3) is 0.333. The molecular weight excluding hydrogens is 248 g/mol. The van der Waals surface area contributed by atoms with Gasteiger partial charge in [0.25, 0.3) is 0 Å². The molecule has 2 aromatic carbocycles. The van der Waals surface area contributed by atoms with Gasteiger partial charge in [0.05, 0.1) is 6.10 Å². The lowest BCUT2D eigenvalue weighted by molar-refractivity contribution is 0.152. The second kappa shape index (κ2) is 6.10. The molecular formula is C18H20O2. The molecule has 1 N–H and O–H groups in total. The Bertz CT molecular complexity index is 525. The summed E-state index contributed by atoms with van der Waals surface area (Å²) in [5, 5.41) is 10.1. The van der Waals surface area contributed by atoms with Gasteiger partial charge < -0.3 is 9.84 Å². The van der Waals surface area contributed by atoms with Crippen LogP contribution >= 0.6 is 0 Å². The molecule has 3 rings (SSSR count). The number of hydrogen-bond donors (Lipinski definition) is 1. The predicted octanol–water partition coefficient (Wildman–Crippen LogP) is 3.89. The maximum absolute atomic E-state index is 10.1. The first-order valence-electron chi connectivity index (χ1n) is 7.30. The summed E-state index contributed by atoms with van der Waals surface area (Å²) in [7, 11) is 0. The van der Waals surface area contributed by atoms with Gasteiger partial charge in [0, 0.05) is 6.42 Å². The molecule has 1 aliphatic heterocycles. The molecule has 1 aliphatic rings. The van der Waals surface area contributed by atoms with Crippen molar-refractivity contribution in [1.82, 2.24) is 0 Å². The monoisotopic (exact) mass is 268 g/mol. The van der Waals surface area contributed by atoms with Crippen molar-refractivity contribution in [3.63, 3.8) is 0 Å². The van der Waals surface area contributed by atoms with Crippen LogP contribution in [0.2, 0.25) is 0 Å². The standard InChI is InChI=1S/C18H20O2/c19-17(14-7-2-1-3-8-14)11-6-10-16-13-15-9-4-5-12-18(15)20-16/h1-5,7-9,12,16-17,19H,6,10-11,13H2. The van der Waals surface area contributed by atoms with Crippen LogP contribution in [0.1, 0.15) is 36.5 Å². The molecule has 0 bridgehead atoms. The minimum Gasteiger partial charge on any atom is -0.490 e. The van der Waals surface area contributed by atoms with Crippen molar-refractivity contribution in [1.29, 1.82) is 0 Å². The summed E-state index contributed by atoms with van der Waals surface area (Å²) < 4.78 is 5.91. The van der Waals surface area contributed by atoms with Crippen LogP contribution in [-0.2, 0) is 6.42 Å². The smallest absolute Gasteiger partial charge is 0.123 e. The average Bonchev–Trinajstić information content (AvgIpc) is 2.90. The Labute approximate surface area is 120 Å². The van der Waals surface area contributed by atoms with E-state index in [0.29, 0.717) is 0 Å². The van der Waals surface area contributed by atoms with Crippen molar-refractivity contribution in [2.24, 2.45) is 0 Å². The normalized spacial score (nSPS) is 18.4. The van der Waals surface area contributed by atoms with Crippen LogP contribution < -0.4 is 4.74 Å². The summed E-state index contributed by atoms with van der Waals surface area (Å²) in [6, 6.07) is 18.1. The zero-order valence-electron chi connectivity index (χ0n) is 11.5. The number of aliphatic hydroxyl groups excluding tert-OH is 1. The Kier molecular flexibility index (Phi) is 4.03. The summed E-state index contributed by atoms with van der Waals surface area (Å²) in [5.74, 6) is 1.03. The molecule has 0 saturated carbocycles. The molecule has 2 atom stereocenters. The average molecular weight is 268 g/mol. The highest BCUT2D eigenvalue weighted by atomic mass is 16.5. The van der Waals surface area contributed by atoms with E-state index in [1.165, 1.54) is 5.56 Å². The van der Waals surface area contributed by atoms with E-state index < -0.39 is 0 Å². The number of rotatable bonds is 5. The maximum atomic E-state index is 10.1. The Morgan fingerprint density at radius 3 is 2.60 bits per heavy atom. The third-order valence-corrected chi connectivity index (χ3v) is 3.90. The molecule has 20 heavy (non-hydrogen) atoms. The van der Waals surface area contributed by atoms with E-state index in [4.69, 9.17) is 4.74 Å². The van der Waals surface area contributed by atoms with Crippen molar-refractivity contribution in [3.8, 4) is 5.75 Å². The minimum atomic E-state index is -0.361. The Hall–Kier alpha value is -1.80. The van der Waals surface area contributed by atoms with E-state index in [1.54, 1.807) is 0 Å². The lowest BCUT2D eigenvalue weighted by Gasteiger charge is -2.13. The molecule has 0 fully saturated rings. The van der Waals surface area contributed by atoms with Gasteiger partial charge in [-0.1, -0.05) is 48.5 Å². The molecule has 0 spiro atoms. The van der Waals surface area contributed by atoms with Crippen molar-refractivity contribution in [2.75, 3.05) is 0 Å². The topological polar surface area (TPSA) is 29.5 Å². The zero-order chi connectivity index (χ0) is 13.8. The van der Waals surface area contributed by atoms with Crippen LogP contribution in [0, 0.1) is 0 Å². The third kappa shape index (κ3) is 3.02. The molecule has 0 aliphatic carbocycles. The van der Waals surface area contributed by atoms with E-state index >= 15 is 0 Å². The van der Waals surface area contributed by atoms with Crippen LogP contribution in [-0.4, -0.2) is 11.2 Å². The Morgan fingerprint density at radius 1 is 1.05 bits per heavy atom. The first kappa shape index (κ1) is 13.2. The van der Waals surface area contributed by atoms with Gasteiger partial charge in [-0.2, -0.15) is 0 Å². The van der Waals surface area contributed by atoms with Crippen molar-refractivity contribution in [2.45, 2.75) is 37.9 Å². The number of para-hydroxylation sites is 1. The number of hydrogen-bond acceptors (Lipinski definition) is 2. The molecule has 1 heterocycles. The molecule has 0 aromatic heterocycles. The predicted molar refractivity (Wildman–Crippen MR) is 79.8 cm³/mol. The van der Waals surface area contributed by atoms with Gasteiger partial charge in [-0.3, -0.25) is 0 Å². The first-order chi connectivity index (χ1) is 9.83. The maximum Gasteiger partial charge on any atom is 0.123 e. The van der Waals surface area contributed by atoms with Crippen molar-refractivity contribution in [3.05, 3.63) is 65.7 Å². The highest BCUT2D eigenvalue weighted by Crippen LogP contribution is 2.30. The van der Waals surface area contributed by atoms with E-state index in [1.807, 2.05) is 42.5 Å². The van der Waals surface area contributed by atoms with E-state index in [2.05, 4.69) is 12.1 Å². The zero-order valence-corrected chi connectivity index (χ0v) is 11.5. The highest BCUT2D eigenvalue weighted by molar-refractivity contribution is 5.37. The largest absolute Gasteiger partial charge is 0.490 e. The van der Waals surface area contributed by atoms with Gasteiger partial charge >= 0.3 is 0 Å². The summed E-state index contributed by atoms with van der Waals surface area (Å²) in [5.41, 5.74) is 2.31. The summed E-state index contributed by atoms with van der Waals surface area (Å²) >= 11 is 0. The number of benzene rings is 2. The van der Waals surface area contributed by atoms with Crippen LogP contribution in [0.5, 0.6) is 5.75 Å². The quantitative estimate of drug-likeness (QED) is 0.891. The summed E-state index contributed by atoms with van der Waals surface area (Å²) in [6.45, 7) is 0. The lowest BCUT2D eigenvalue weighted by Crippen LogP contribution is -2.13. The second-order valence-electron chi connectivity index (χ2n) is 5.41. The third-order valence-electron chi connectivity index (χ3n) is 3.90. The number of ether oxygens (including phenoxy) is 1. The molecule has 0 amide bonds. The van der Waals surface area contributed by atoms with E-state index in [-0.39, 0.29) is 12.2 Å². The number of aliphatic hydroxyl groups is 1. The summed E-state index contributed by atoms with van der Waals surface area (Å²) in [6.07, 6.45) is 3.68. The van der Waals surface area contributed by atoms with E-state index in [9.17, 15) is 5.11 Å². The fourth-order valence-electron chi connectivity index (χ4n) is 2.80. The molecule has 2 unspecified atom stereocenters. The van der Waals surface area contributed by atoms with Crippen molar-refractivity contribution < 1.29 is 9.84 Å². The number of fused-ring (bicyclic) bond motifs is 1. The van der Waals surface area contributed by atoms with Crippen LogP contribution in [0.25, 0.3) is 0 Å². The fourth-order valence-corrected chi connectivity index (χ4v) is 2.80. The molecule has 0 saturated heterocycles. The highest BCUT2D eigenvalue weighted by Gasteiger charge is 2.22. The SMILES string of the molecule is OC(CCCC1Cc2ccccc2O1)c1ccccc1. The minimum absolute atomic E-state index is 0.273. The van der Waals surface area contributed by atoms with Crippen LogP contribution in [0.4, 0.5) is 0 Å².